The molecule has 2 aliphatic heterocycles. The highest BCUT2D eigenvalue weighted by molar-refractivity contribution is 5.97. The van der Waals surface area contributed by atoms with Gasteiger partial charge >= 0.3 is 0 Å². The van der Waals surface area contributed by atoms with E-state index in [2.05, 4.69) is 16.9 Å². The smallest absolute Gasteiger partial charge is 0.184 e. The molecular formula is C16H19N3O2. The number of fused-ring (bicyclic) bond motifs is 3. The van der Waals surface area contributed by atoms with Crippen molar-refractivity contribution < 1.29 is 9.53 Å². The number of ether oxygens (including phenoxy) is 1. The van der Waals surface area contributed by atoms with Gasteiger partial charge in [0, 0.05) is 24.2 Å². The van der Waals surface area contributed by atoms with Crippen molar-refractivity contribution in [3.05, 3.63) is 36.3 Å². The van der Waals surface area contributed by atoms with Crippen LogP contribution in [0.15, 0.2) is 30.6 Å². The largest absolute Gasteiger partial charge is 0.378 e. The summed E-state index contributed by atoms with van der Waals surface area (Å²) in [5.74, 6) is 0.305. The fourth-order valence-electron chi connectivity index (χ4n) is 3.63. The molecule has 0 aliphatic carbocycles. The Hall–Kier alpha value is -1.72. The summed E-state index contributed by atoms with van der Waals surface area (Å²) < 4.78 is 7.52. The van der Waals surface area contributed by atoms with Crippen molar-refractivity contribution in [1.82, 2.24) is 14.3 Å². The minimum atomic E-state index is 0.0835. The molecule has 21 heavy (non-hydrogen) atoms. The van der Waals surface area contributed by atoms with E-state index in [-0.39, 0.29) is 11.7 Å². The highest BCUT2D eigenvalue weighted by Crippen LogP contribution is 2.32. The number of ketones is 1. The second-order valence-corrected chi connectivity index (χ2v) is 6.12. The topological polar surface area (TPSA) is 46.8 Å². The Morgan fingerprint density at radius 2 is 2.05 bits per heavy atom. The highest BCUT2D eigenvalue weighted by atomic mass is 16.5. The first-order chi connectivity index (χ1) is 10.2. The van der Waals surface area contributed by atoms with E-state index in [0.717, 1.165) is 31.7 Å². The number of hydrogen-bond donors (Lipinski definition) is 0. The van der Waals surface area contributed by atoms with Gasteiger partial charge in [0.05, 0.1) is 19.4 Å². The molecule has 0 spiro atoms. The van der Waals surface area contributed by atoms with Crippen molar-refractivity contribution in [3.8, 4) is 0 Å². The molecule has 4 rings (SSSR count). The van der Waals surface area contributed by atoms with Crippen LogP contribution in [-0.4, -0.2) is 52.4 Å². The van der Waals surface area contributed by atoms with Crippen LogP contribution in [0.5, 0.6) is 0 Å². The number of imidazole rings is 1. The quantitative estimate of drug-likeness (QED) is 0.787. The maximum atomic E-state index is 12.9. The lowest BCUT2D eigenvalue weighted by atomic mass is 9.82. The minimum absolute atomic E-state index is 0.0835. The highest BCUT2D eigenvalue weighted by Gasteiger charge is 2.40. The lowest BCUT2D eigenvalue weighted by Gasteiger charge is -2.46. The molecule has 2 unspecified atom stereocenters. The summed E-state index contributed by atoms with van der Waals surface area (Å²) in [6.07, 6.45) is 5.38. The van der Waals surface area contributed by atoms with Gasteiger partial charge in [0.2, 0.25) is 0 Å². The van der Waals surface area contributed by atoms with Crippen molar-refractivity contribution in [3.63, 3.8) is 0 Å². The Balaban J connectivity index is 1.63. The predicted octanol–water partition coefficient (Wildman–Crippen LogP) is 1.63. The van der Waals surface area contributed by atoms with Gasteiger partial charge < -0.3 is 4.74 Å². The molecule has 0 saturated carbocycles. The molecule has 2 bridgehead atoms. The Labute approximate surface area is 123 Å². The van der Waals surface area contributed by atoms with Crippen LogP contribution in [0, 0.1) is 5.92 Å². The number of carbonyl (C=O) groups excluding carboxylic acids is 1. The van der Waals surface area contributed by atoms with Crippen molar-refractivity contribution in [2.45, 2.75) is 24.9 Å². The van der Waals surface area contributed by atoms with Crippen LogP contribution in [0.1, 0.15) is 23.3 Å². The number of rotatable bonds is 2. The van der Waals surface area contributed by atoms with E-state index in [1.807, 2.05) is 28.8 Å². The third kappa shape index (κ3) is 2.08. The van der Waals surface area contributed by atoms with Gasteiger partial charge in [-0.15, -0.1) is 0 Å². The number of pyridine rings is 1. The first-order valence-corrected chi connectivity index (χ1v) is 7.50. The molecule has 2 aromatic rings. The molecular weight excluding hydrogens is 266 g/mol. The normalized spacial score (nSPS) is 29.7. The molecule has 110 valence electrons. The van der Waals surface area contributed by atoms with Crippen LogP contribution < -0.4 is 0 Å². The molecule has 2 fully saturated rings. The summed E-state index contributed by atoms with van der Waals surface area (Å²) >= 11 is 0. The van der Waals surface area contributed by atoms with Crippen molar-refractivity contribution >= 4 is 11.4 Å². The number of piperidine rings is 1. The Bertz CT molecular complexity index is 667. The number of morpholine rings is 1. The maximum absolute atomic E-state index is 12.9. The summed E-state index contributed by atoms with van der Waals surface area (Å²) in [4.78, 5) is 19.6. The minimum Gasteiger partial charge on any atom is -0.378 e. The van der Waals surface area contributed by atoms with Crippen LogP contribution in [-0.2, 0) is 4.74 Å². The number of hydrogen-bond acceptors (Lipinski definition) is 4. The van der Waals surface area contributed by atoms with Gasteiger partial charge in [-0.25, -0.2) is 4.98 Å². The molecule has 0 N–H and O–H groups in total. The van der Waals surface area contributed by atoms with Crippen molar-refractivity contribution in [2.24, 2.45) is 5.92 Å². The van der Waals surface area contributed by atoms with Crippen LogP contribution in [0.2, 0.25) is 0 Å². The summed E-state index contributed by atoms with van der Waals surface area (Å²) in [5, 5.41) is 0. The standard InChI is InChI=1S/C16H19N3O2/c1-18-12-6-11(7-13(18)10-21-9-12)16(20)14-8-17-15-4-2-3-5-19(14)15/h2-5,8,11-13H,6-7,9-10H2,1H3. The zero-order chi connectivity index (χ0) is 14.4. The van der Waals surface area contributed by atoms with E-state index in [1.54, 1.807) is 6.20 Å². The summed E-state index contributed by atoms with van der Waals surface area (Å²) in [6.45, 7) is 1.48. The Morgan fingerprint density at radius 1 is 1.29 bits per heavy atom. The van der Waals surface area contributed by atoms with Gasteiger partial charge in [-0.3, -0.25) is 14.1 Å². The molecule has 5 nitrogen and oxygen atoms in total. The molecule has 5 heteroatoms. The van der Waals surface area contributed by atoms with E-state index in [0.29, 0.717) is 17.8 Å². The number of Topliss-reactive ketones (excluding diaryl/α,β-unsaturated/α-hetero) is 1. The average molecular weight is 285 g/mol. The molecule has 4 heterocycles. The maximum Gasteiger partial charge on any atom is 0.184 e. The second kappa shape index (κ2) is 4.93. The van der Waals surface area contributed by atoms with Crippen LogP contribution in [0.3, 0.4) is 0 Å². The SMILES string of the molecule is CN1C2COCC1CC(C(=O)c1cnc3ccccn13)C2. The predicted molar refractivity (Wildman–Crippen MR) is 78.4 cm³/mol. The van der Waals surface area contributed by atoms with Crippen molar-refractivity contribution in [1.29, 1.82) is 0 Å². The van der Waals surface area contributed by atoms with Crippen molar-refractivity contribution in [2.75, 3.05) is 20.3 Å². The molecule has 2 aromatic heterocycles. The summed E-state index contributed by atoms with van der Waals surface area (Å²) in [5.41, 5.74) is 1.54. The van der Waals surface area contributed by atoms with E-state index >= 15 is 0 Å². The lowest BCUT2D eigenvalue weighted by Crippen LogP contribution is -2.55. The molecule has 2 saturated heterocycles. The van der Waals surface area contributed by atoms with Gasteiger partial charge in [-0.1, -0.05) is 6.07 Å². The van der Waals surface area contributed by atoms with Crippen LogP contribution in [0.4, 0.5) is 0 Å². The van der Waals surface area contributed by atoms with E-state index in [4.69, 9.17) is 4.74 Å². The van der Waals surface area contributed by atoms with E-state index in [1.165, 1.54) is 0 Å². The van der Waals surface area contributed by atoms with Gasteiger partial charge in [0.25, 0.3) is 0 Å². The lowest BCUT2D eigenvalue weighted by molar-refractivity contribution is -0.0703. The van der Waals surface area contributed by atoms with Gasteiger partial charge in [-0.2, -0.15) is 0 Å². The zero-order valence-electron chi connectivity index (χ0n) is 12.1. The Kier molecular flexibility index (Phi) is 3.05. The number of likely N-dealkylation sites (N-methyl/N-ethyl adjacent to an activating group) is 1. The zero-order valence-corrected chi connectivity index (χ0v) is 12.1. The molecule has 2 atom stereocenters. The average Bonchev–Trinajstić information content (AvgIpc) is 2.90. The van der Waals surface area contributed by atoms with Crippen LogP contribution in [0.25, 0.3) is 5.65 Å². The van der Waals surface area contributed by atoms with E-state index in [9.17, 15) is 4.79 Å². The van der Waals surface area contributed by atoms with E-state index < -0.39 is 0 Å². The monoisotopic (exact) mass is 285 g/mol. The molecule has 0 radical (unpaired) electrons. The molecule has 0 aromatic carbocycles. The van der Waals surface area contributed by atoms with Gasteiger partial charge in [0.15, 0.2) is 5.78 Å². The first-order valence-electron chi connectivity index (χ1n) is 7.50. The van der Waals surface area contributed by atoms with Gasteiger partial charge in [-0.05, 0) is 32.0 Å². The fraction of sp³-hybridized carbons (Fsp3) is 0.500. The number of carbonyl (C=O) groups is 1. The Morgan fingerprint density at radius 3 is 2.81 bits per heavy atom. The van der Waals surface area contributed by atoms with Gasteiger partial charge in [0.1, 0.15) is 11.3 Å². The van der Waals surface area contributed by atoms with Crippen LogP contribution >= 0.6 is 0 Å². The summed E-state index contributed by atoms with van der Waals surface area (Å²) in [6, 6.07) is 6.53. The first kappa shape index (κ1) is 13.0. The molecule has 2 aliphatic rings. The summed E-state index contributed by atoms with van der Waals surface area (Å²) in [7, 11) is 2.15. The second-order valence-electron chi connectivity index (χ2n) is 6.12. The number of aromatic nitrogens is 2. The fourth-order valence-corrected chi connectivity index (χ4v) is 3.63. The molecule has 0 amide bonds. The third-order valence-electron chi connectivity index (χ3n) is 4.93. The third-order valence-corrected chi connectivity index (χ3v) is 4.93. The number of nitrogens with zero attached hydrogens (tertiary/aromatic N) is 3.